The Hall–Kier alpha value is -2.39. The standard InChI is InChI=1S/C22H25N3/c1-17-3-5-19(6-4-17)22(11-14-25-12-2-13-25)20-9-7-18(8-10-20)21-15-23-24-16-21/h3-10,15-16,22H,2,11-14H2,1H3,(H,23,24). The number of H-pyrrole nitrogens is 1. The zero-order valence-electron chi connectivity index (χ0n) is 14.8. The number of hydrogen-bond donors (Lipinski definition) is 1. The van der Waals surface area contributed by atoms with Gasteiger partial charge in [0.15, 0.2) is 0 Å². The van der Waals surface area contributed by atoms with Crippen LogP contribution in [0.2, 0.25) is 0 Å². The van der Waals surface area contributed by atoms with E-state index in [1.165, 1.54) is 54.7 Å². The van der Waals surface area contributed by atoms with Gasteiger partial charge in [0, 0.05) is 17.7 Å². The molecule has 1 atom stereocenters. The molecule has 4 rings (SSSR count). The average molecular weight is 331 g/mol. The molecule has 3 heteroatoms. The van der Waals surface area contributed by atoms with Crippen LogP contribution < -0.4 is 0 Å². The molecule has 1 fully saturated rings. The average Bonchev–Trinajstić information content (AvgIpc) is 3.13. The van der Waals surface area contributed by atoms with Crippen LogP contribution in [0.25, 0.3) is 11.1 Å². The molecule has 2 aromatic carbocycles. The van der Waals surface area contributed by atoms with Crippen molar-refractivity contribution in [2.24, 2.45) is 0 Å². The van der Waals surface area contributed by atoms with Gasteiger partial charge in [-0.05, 0) is 56.1 Å². The SMILES string of the molecule is Cc1ccc(C(CCN2CCC2)c2ccc(-c3cn[nH]c3)cc2)cc1. The van der Waals surface area contributed by atoms with E-state index >= 15 is 0 Å². The van der Waals surface area contributed by atoms with Crippen LogP contribution in [0.3, 0.4) is 0 Å². The Kier molecular flexibility index (Phi) is 4.66. The first kappa shape index (κ1) is 16.1. The van der Waals surface area contributed by atoms with Crippen molar-refractivity contribution in [3.05, 3.63) is 77.6 Å². The lowest BCUT2D eigenvalue weighted by atomic mass is 9.87. The summed E-state index contributed by atoms with van der Waals surface area (Å²) in [6.07, 6.45) is 6.34. The molecule has 1 N–H and O–H groups in total. The van der Waals surface area contributed by atoms with E-state index in [1.54, 1.807) is 0 Å². The summed E-state index contributed by atoms with van der Waals surface area (Å²) in [5.41, 5.74) is 6.49. The Morgan fingerprint density at radius 3 is 2.20 bits per heavy atom. The molecule has 1 aliphatic rings. The minimum Gasteiger partial charge on any atom is -0.303 e. The third-order valence-electron chi connectivity index (χ3n) is 5.31. The highest BCUT2D eigenvalue weighted by Gasteiger charge is 2.19. The van der Waals surface area contributed by atoms with Gasteiger partial charge in [-0.15, -0.1) is 0 Å². The second-order valence-corrected chi connectivity index (χ2v) is 7.06. The summed E-state index contributed by atoms with van der Waals surface area (Å²) in [6, 6.07) is 18.0. The Balaban J connectivity index is 1.58. The number of nitrogens with one attached hydrogen (secondary N) is 1. The molecular formula is C22H25N3. The molecule has 2 heterocycles. The third-order valence-corrected chi connectivity index (χ3v) is 5.31. The molecule has 1 saturated heterocycles. The van der Waals surface area contributed by atoms with Crippen LogP contribution in [0.15, 0.2) is 60.9 Å². The minimum atomic E-state index is 0.458. The summed E-state index contributed by atoms with van der Waals surface area (Å²) >= 11 is 0. The smallest absolute Gasteiger partial charge is 0.0565 e. The Bertz CT molecular complexity index is 784. The van der Waals surface area contributed by atoms with Gasteiger partial charge in [0.1, 0.15) is 0 Å². The molecule has 1 unspecified atom stereocenters. The number of hydrogen-bond acceptors (Lipinski definition) is 2. The summed E-state index contributed by atoms with van der Waals surface area (Å²) in [5, 5.41) is 6.93. The van der Waals surface area contributed by atoms with Gasteiger partial charge < -0.3 is 4.90 Å². The summed E-state index contributed by atoms with van der Waals surface area (Å²) in [7, 11) is 0. The summed E-state index contributed by atoms with van der Waals surface area (Å²) < 4.78 is 0. The van der Waals surface area contributed by atoms with Gasteiger partial charge in [0.2, 0.25) is 0 Å². The van der Waals surface area contributed by atoms with E-state index in [0.29, 0.717) is 5.92 Å². The molecule has 3 nitrogen and oxygen atoms in total. The quantitative estimate of drug-likeness (QED) is 0.715. The normalized spacial score (nSPS) is 15.7. The van der Waals surface area contributed by atoms with Crippen molar-refractivity contribution in [3.8, 4) is 11.1 Å². The molecule has 1 aromatic heterocycles. The highest BCUT2D eigenvalue weighted by Crippen LogP contribution is 2.31. The molecular weight excluding hydrogens is 306 g/mol. The molecule has 0 amide bonds. The third kappa shape index (κ3) is 3.67. The van der Waals surface area contributed by atoms with Crippen molar-refractivity contribution < 1.29 is 0 Å². The number of aromatic amines is 1. The maximum Gasteiger partial charge on any atom is 0.0565 e. The molecule has 1 aliphatic heterocycles. The highest BCUT2D eigenvalue weighted by molar-refractivity contribution is 5.62. The molecule has 0 saturated carbocycles. The molecule has 3 aromatic rings. The largest absolute Gasteiger partial charge is 0.303 e. The first-order valence-electron chi connectivity index (χ1n) is 9.17. The minimum absolute atomic E-state index is 0.458. The lowest BCUT2D eigenvalue weighted by Crippen LogP contribution is -2.38. The van der Waals surface area contributed by atoms with E-state index < -0.39 is 0 Å². The van der Waals surface area contributed by atoms with Crippen molar-refractivity contribution in [1.82, 2.24) is 15.1 Å². The molecule has 128 valence electrons. The van der Waals surface area contributed by atoms with Gasteiger partial charge in [-0.25, -0.2) is 0 Å². The zero-order chi connectivity index (χ0) is 17.1. The van der Waals surface area contributed by atoms with Gasteiger partial charge in [-0.1, -0.05) is 54.1 Å². The summed E-state index contributed by atoms with van der Waals surface area (Å²) in [4.78, 5) is 2.56. The van der Waals surface area contributed by atoms with Crippen molar-refractivity contribution >= 4 is 0 Å². The van der Waals surface area contributed by atoms with Crippen molar-refractivity contribution in [3.63, 3.8) is 0 Å². The van der Waals surface area contributed by atoms with Crippen LogP contribution in [0, 0.1) is 6.92 Å². The highest BCUT2D eigenvalue weighted by atomic mass is 15.2. The van der Waals surface area contributed by atoms with Crippen LogP contribution >= 0.6 is 0 Å². The van der Waals surface area contributed by atoms with Crippen LogP contribution in [0.4, 0.5) is 0 Å². The van der Waals surface area contributed by atoms with E-state index in [1.807, 2.05) is 12.4 Å². The fraction of sp³-hybridized carbons (Fsp3) is 0.318. The van der Waals surface area contributed by atoms with Gasteiger partial charge in [0.05, 0.1) is 6.20 Å². The van der Waals surface area contributed by atoms with Crippen LogP contribution in [0.1, 0.15) is 35.4 Å². The van der Waals surface area contributed by atoms with Gasteiger partial charge >= 0.3 is 0 Å². The number of benzene rings is 2. The van der Waals surface area contributed by atoms with E-state index in [2.05, 4.69) is 70.6 Å². The second kappa shape index (κ2) is 7.24. The maximum atomic E-state index is 4.05. The van der Waals surface area contributed by atoms with E-state index in [9.17, 15) is 0 Å². The second-order valence-electron chi connectivity index (χ2n) is 7.06. The number of aryl methyl sites for hydroxylation is 1. The predicted molar refractivity (Wildman–Crippen MR) is 103 cm³/mol. The van der Waals surface area contributed by atoms with Crippen molar-refractivity contribution in [2.75, 3.05) is 19.6 Å². The van der Waals surface area contributed by atoms with E-state index in [0.717, 1.165) is 5.56 Å². The summed E-state index contributed by atoms with van der Waals surface area (Å²) in [6.45, 7) is 5.86. The lowest BCUT2D eigenvalue weighted by molar-refractivity contribution is 0.177. The molecule has 25 heavy (non-hydrogen) atoms. The fourth-order valence-corrected chi connectivity index (χ4v) is 3.56. The van der Waals surface area contributed by atoms with Gasteiger partial charge in [-0.2, -0.15) is 5.10 Å². The Labute approximate surface area is 149 Å². The Morgan fingerprint density at radius 1 is 0.960 bits per heavy atom. The predicted octanol–water partition coefficient (Wildman–Crippen LogP) is 4.61. The number of likely N-dealkylation sites (tertiary alicyclic amines) is 1. The fourth-order valence-electron chi connectivity index (χ4n) is 3.56. The summed E-state index contributed by atoms with van der Waals surface area (Å²) in [5.74, 6) is 0.458. The van der Waals surface area contributed by atoms with Crippen LogP contribution in [-0.4, -0.2) is 34.7 Å². The van der Waals surface area contributed by atoms with E-state index in [4.69, 9.17) is 0 Å². The van der Waals surface area contributed by atoms with Gasteiger partial charge in [-0.3, -0.25) is 5.10 Å². The van der Waals surface area contributed by atoms with Crippen molar-refractivity contribution in [1.29, 1.82) is 0 Å². The number of nitrogens with zero attached hydrogens (tertiary/aromatic N) is 2. The molecule has 0 radical (unpaired) electrons. The maximum absolute atomic E-state index is 4.05. The topological polar surface area (TPSA) is 31.9 Å². The molecule has 0 aliphatic carbocycles. The van der Waals surface area contributed by atoms with Crippen LogP contribution in [0.5, 0.6) is 0 Å². The number of aromatic nitrogens is 2. The van der Waals surface area contributed by atoms with Gasteiger partial charge in [0.25, 0.3) is 0 Å². The lowest BCUT2D eigenvalue weighted by Gasteiger charge is -2.32. The molecule has 0 bridgehead atoms. The number of rotatable bonds is 6. The molecule has 0 spiro atoms. The first-order chi connectivity index (χ1) is 12.3. The Morgan fingerprint density at radius 2 is 1.64 bits per heavy atom. The monoisotopic (exact) mass is 331 g/mol. The van der Waals surface area contributed by atoms with Crippen LogP contribution in [-0.2, 0) is 0 Å². The van der Waals surface area contributed by atoms with Crippen molar-refractivity contribution in [2.45, 2.75) is 25.7 Å². The zero-order valence-corrected chi connectivity index (χ0v) is 14.8. The van der Waals surface area contributed by atoms with E-state index in [-0.39, 0.29) is 0 Å². The first-order valence-corrected chi connectivity index (χ1v) is 9.17.